The minimum atomic E-state index is -0.993. The summed E-state index contributed by atoms with van der Waals surface area (Å²) in [6.45, 7) is 2.17. The van der Waals surface area contributed by atoms with Crippen molar-refractivity contribution in [2.24, 2.45) is 5.92 Å². The van der Waals surface area contributed by atoms with Gasteiger partial charge < -0.3 is 15.3 Å². The predicted octanol–water partition coefficient (Wildman–Crippen LogP) is 3.09. The van der Waals surface area contributed by atoms with Crippen LogP contribution in [0, 0.1) is 12.8 Å². The van der Waals surface area contributed by atoms with Crippen LogP contribution >= 0.6 is 15.9 Å². The molecule has 2 amide bonds. The van der Waals surface area contributed by atoms with Crippen molar-refractivity contribution in [2.45, 2.75) is 19.8 Å². The number of urea groups is 1. The summed E-state index contributed by atoms with van der Waals surface area (Å²) in [5, 5.41) is 11.6. The van der Waals surface area contributed by atoms with Gasteiger partial charge in [-0.3, -0.25) is 4.79 Å². The molecule has 2 N–H and O–H groups in total. The highest BCUT2D eigenvalue weighted by molar-refractivity contribution is 9.10. The van der Waals surface area contributed by atoms with E-state index in [-0.39, 0.29) is 12.6 Å². The van der Waals surface area contributed by atoms with E-state index in [9.17, 15) is 9.59 Å². The number of hydrogen-bond acceptors (Lipinski definition) is 2. The number of carbonyl (C=O) groups excluding carboxylic acids is 1. The van der Waals surface area contributed by atoms with Crippen molar-refractivity contribution >= 4 is 33.6 Å². The van der Waals surface area contributed by atoms with Crippen molar-refractivity contribution in [3.05, 3.63) is 28.2 Å². The van der Waals surface area contributed by atoms with Crippen LogP contribution in [-0.4, -0.2) is 35.1 Å². The van der Waals surface area contributed by atoms with Crippen LogP contribution in [0.3, 0.4) is 0 Å². The Morgan fingerprint density at radius 2 is 2.15 bits per heavy atom. The highest BCUT2D eigenvalue weighted by atomic mass is 79.9. The molecule has 2 rings (SSSR count). The first-order valence-corrected chi connectivity index (χ1v) is 7.29. The third-order valence-electron chi connectivity index (χ3n) is 3.20. The lowest BCUT2D eigenvalue weighted by molar-refractivity contribution is -0.137. The molecule has 0 spiro atoms. The minimum absolute atomic E-state index is 0.266. The standard InChI is InChI=1S/C14H17BrN2O3/c1-9-6-11(4-5-12(9)15)16-14(20)17(8-13(18)19)7-10-2-3-10/h4-6,10H,2-3,7-8H2,1H3,(H,16,20)(H,18,19). The van der Waals surface area contributed by atoms with Gasteiger partial charge in [-0.05, 0) is 49.4 Å². The molecular weight excluding hydrogens is 324 g/mol. The second-order valence-electron chi connectivity index (χ2n) is 5.11. The van der Waals surface area contributed by atoms with Gasteiger partial charge in [0.05, 0.1) is 0 Å². The van der Waals surface area contributed by atoms with E-state index in [1.165, 1.54) is 4.90 Å². The molecule has 1 aromatic carbocycles. The molecule has 1 fully saturated rings. The second kappa shape index (κ2) is 6.26. The van der Waals surface area contributed by atoms with Gasteiger partial charge in [0.2, 0.25) is 0 Å². The van der Waals surface area contributed by atoms with E-state index in [4.69, 9.17) is 5.11 Å². The first-order valence-electron chi connectivity index (χ1n) is 6.49. The largest absolute Gasteiger partial charge is 0.480 e. The van der Waals surface area contributed by atoms with Crippen LogP contribution in [0.25, 0.3) is 0 Å². The Morgan fingerprint density at radius 1 is 1.45 bits per heavy atom. The van der Waals surface area contributed by atoms with Gasteiger partial charge in [-0.15, -0.1) is 0 Å². The number of nitrogens with one attached hydrogen (secondary N) is 1. The van der Waals surface area contributed by atoms with E-state index in [1.54, 1.807) is 6.07 Å². The lowest BCUT2D eigenvalue weighted by Gasteiger charge is -2.21. The second-order valence-corrected chi connectivity index (χ2v) is 5.97. The van der Waals surface area contributed by atoms with E-state index in [2.05, 4.69) is 21.2 Å². The molecule has 0 unspecified atom stereocenters. The van der Waals surface area contributed by atoms with Crippen molar-refractivity contribution in [1.29, 1.82) is 0 Å². The topological polar surface area (TPSA) is 69.6 Å². The monoisotopic (exact) mass is 340 g/mol. The Morgan fingerprint density at radius 3 is 2.70 bits per heavy atom. The summed E-state index contributed by atoms with van der Waals surface area (Å²) in [4.78, 5) is 24.3. The molecule has 6 heteroatoms. The molecule has 1 aliphatic rings. The zero-order chi connectivity index (χ0) is 14.7. The third-order valence-corrected chi connectivity index (χ3v) is 4.09. The molecule has 0 aliphatic heterocycles. The molecule has 0 radical (unpaired) electrons. The molecule has 0 atom stereocenters. The van der Waals surface area contributed by atoms with Crippen LogP contribution in [0.5, 0.6) is 0 Å². The Labute approximate surface area is 126 Å². The number of anilines is 1. The predicted molar refractivity (Wildman–Crippen MR) is 79.8 cm³/mol. The summed E-state index contributed by atoms with van der Waals surface area (Å²) in [6.07, 6.45) is 2.14. The summed E-state index contributed by atoms with van der Waals surface area (Å²) in [5.41, 5.74) is 1.68. The minimum Gasteiger partial charge on any atom is -0.480 e. The number of nitrogens with zero attached hydrogens (tertiary/aromatic N) is 1. The number of amides is 2. The van der Waals surface area contributed by atoms with E-state index < -0.39 is 5.97 Å². The van der Waals surface area contributed by atoms with Gasteiger partial charge in [0, 0.05) is 16.7 Å². The van der Waals surface area contributed by atoms with Crippen molar-refractivity contribution in [2.75, 3.05) is 18.4 Å². The molecule has 0 saturated heterocycles. The molecule has 0 bridgehead atoms. The first kappa shape index (κ1) is 14.8. The molecule has 0 heterocycles. The van der Waals surface area contributed by atoms with Gasteiger partial charge in [-0.1, -0.05) is 15.9 Å². The number of benzene rings is 1. The summed E-state index contributed by atoms with van der Waals surface area (Å²) in [7, 11) is 0. The zero-order valence-corrected chi connectivity index (χ0v) is 12.8. The fourth-order valence-electron chi connectivity index (χ4n) is 1.92. The number of carbonyl (C=O) groups is 2. The van der Waals surface area contributed by atoms with E-state index in [0.717, 1.165) is 22.9 Å². The van der Waals surface area contributed by atoms with E-state index >= 15 is 0 Å². The van der Waals surface area contributed by atoms with Crippen LogP contribution < -0.4 is 5.32 Å². The highest BCUT2D eigenvalue weighted by Crippen LogP contribution is 2.30. The normalized spacial score (nSPS) is 13.9. The molecule has 1 aliphatic carbocycles. The SMILES string of the molecule is Cc1cc(NC(=O)N(CC(=O)O)CC2CC2)ccc1Br. The number of carboxylic acid groups (broad SMARTS) is 1. The Kier molecular flexibility index (Phi) is 4.65. The average Bonchev–Trinajstić information content (AvgIpc) is 3.16. The van der Waals surface area contributed by atoms with Gasteiger partial charge >= 0.3 is 12.0 Å². The molecule has 20 heavy (non-hydrogen) atoms. The lowest BCUT2D eigenvalue weighted by Crippen LogP contribution is -2.40. The van der Waals surface area contributed by atoms with Crippen LogP contribution in [0.1, 0.15) is 18.4 Å². The number of aryl methyl sites for hydroxylation is 1. The number of halogens is 1. The Balaban J connectivity index is 2.02. The summed E-state index contributed by atoms with van der Waals surface area (Å²) in [5.74, 6) is -0.542. The maximum absolute atomic E-state index is 12.1. The van der Waals surface area contributed by atoms with Crippen LogP contribution in [0.15, 0.2) is 22.7 Å². The highest BCUT2D eigenvalue weighted by Gasteiger charge is 2.28. The third kappa shape index (κ3) is 4.23. The first-order chi connectivity index (χ1) is 9.45. The van der Waals surface area contributed by atoms with Crippen molar-refractivity contribution < 1.29 is 14.7 Å². The fraction of sp³-hybridized carbons (Fsp3) is 0.429. The molecule has 1 aromatic rings. The molecule has 108 valence electrons. The Bertz CT molecular complexity index is 529. The maximum atomic E-state index is 12.1. The van der Waals surface area contributed by atoms with Gasteiger partial charge in [0.25, 0.3) is 0 Å². The van der Waals surface area contributed by atoms with Crippen LogP contribution in [0.2, 0.25) is 0 Å². The zero-order valence-electron chi connectivity index (χ0n) is 11.2. The van der Waals surface area contributed by atoms with Crippen molar-refractivity contribution in [3.8, 4) is 0 Å². The smallest absolute Gasteiger partial charge is 0.323 e. The summed E-state index contributed by atoms with van der Waals surface area (Å²) < 4.78 is 0.968. The van der Waals surface area contributed by atoms with Crippen LogP contribution in [0.4, 0.5) is 10.5 Å². The lowest BCUT2D eigenvalue weighted by atomic mass is 10.2. The van der Waals surface area contributed by atoms with Crippen LogP contribution in [-0.2, 0) is 4.79 Å². The maximum Gasteiger partial charge on any atom is 0.323 e. The summed E-state index contributed by atoms with van der Waals surface area (Å²) in [6, 6.07) is 5.12. The van der Waals surface area contributed by atoms with Gasteiger partial charge in [0.15, 0.2) is 0 Å². The van der Waals surface area contributed by atoms with E-state index in [1.807, 2.05) is 19.1 Å². The number of carboxylic acids is 1. The van der Waals surface area contributed by atoms with E-state index in [0.29, 0.717) is 18.2 Å². The van der Waals surface area contributed by atoms with Gasteiger partial charge in [-0.25, -0.2) is 4.79 Å². The Hall–Kier alpha value is -1.56. The molecule has 5 nitrogen and oxygen atoms in total. The quantitative estimate of drug-likeness (QED) is 0.865. The molecule has 1 saturated carbocycles. The molecule has 0 aromatic heterocycles. The van der Waals surface area contributed by atoms with Crippen molar-refractivity contribution in [1.82, 2.24) is 4.90 Å². The van der Waals surface area contributed by atoms with Gasteiger partial charge in [-0.2, -0.15) is 0 Å². The average molecular weight is 341 g/mol. The number of rotatable bonds is 5. The molecular formula is C14H17BrN2O3. The number of aliphatic carboxylic acids is 1. The van der Waals surface area contributed by atoms with Crippen molar-refractivity contribution in [3.63, 3.8) is 0 Å². The summed E-state index contributed by atoms with van der Waals surface area (Å²) >= 11 is 3.40. The fourth-order valence-corrected chi connectivity index (χ4v) is 2.17. The number of hydrogen-bond donors (Lipinski definition) is 2. The van der Waals surface area contributed by atoms with Gasteiger partial charge in [0.1, 0.15) is 6.54 Å².